The van der Waals surface area contributed by atoms with Gasteiger partial charge in [0.1, 0.15) is 17.2 Å². The predicted octanol–water partition coefficient (Wildman–Crippen LogP) is 5.34. The molecule has 35 heavy (non-hydrogen) atoms. The number of rotatable bonds is 7. The molecule has 0 aliphatic carbocycles. The number of hydrogen-bond acceptors (Lipinski definition) is 5. The number of ether oxygens (including phenoxy) is 3. The summed E-state index contributed by atoms with van der Waals surface area (Å²) in [6.07, 6.45) is 2.67. The van der Waals surface area contributed by atoms with Crippen molar-refractivity contribution in [3.63, 3.8) is 0 Å². The van der Waals surface area contributed by atoms with Crippen LogP contribution in [0.3, 0.4) is 0 Å². The molecule has 4 aromatic rings. The van der Waals surface area contributed by atoms with E-state index in [-0.39, 0.29) is 11.3 Å². The van der Waals surface area contributed by atoms with Crippen LogP contribution in [0, 0.1) is 0 Å². The zero-order valence-corrected chi connectivity index (χ0v) is 18.7. The molecular formula is C26H21F2N3O4. The van der Waals surface area contributed by atoms with E-state index < -0.39 is 12.5 Å². The molecule has 7 nitrogen and oxygen atoms in total. The van der Waals surface area contributed by atoms with Crippen LogP contribution < -0.4 is 19.5 Å². The number of nitrogens with zero attached hydrogens (tertiary/aromatic N) is 2. The van der Waals surface area contributed by atoms with Crippen molar-refractivity contribution in [3.8, 4) is 34.2 Å². The van der Waals surface area contributed by atoms with Crippen molar-refractivity contribution in [2.24, 2.45) is 0 Å². The Morgan fingerprint density at radius 1 is 1.06 bits per heavy atom. The largest absolute Gasteiger partial charge is 0.497 e. The van der Waals surface area contributed by atoms with Gasteiger partial charge in [-0.1, -0.05) is 0 Å². The highest BCUT2D eigenvalue weighted by Gasteiger charge is 2.18. The van der Waals surface area contributed by atoms with Crippen molar-refractivity contribution in [3.05, 3.63) is 84.1 Å². The molecule has 0 saturated heterocycles. The average Bonchev–Trinajstić information content (AvgIpc) is 3.51. The fourth-order valence-electron chi connectivity index (χ4n) is 3.85. The number of nitrogens with one attached hydrogen (secondary N) is 1. The Balaban J connectivity index is 1.47. The van der Waals surface area contributed by atoms with Gasteiger partial charge < -0.3 is 14.2 Å². The zero-order valence-electron chi connectivity index (χ0n) is 18.7. The number of carbonyl (C=O) groups is 1. The summed E-state index contributed by atoms with van der Waals surface area (Å²) in [7, 11) is 1.59. The monoisotopic (exact) mass is 477 g/mol. The standard InChI is InChI=1S/C26H21F2N3O4/c1-33-20-9-5-19(6-10-20)31-15-22(17-4-11-23-18(14-17)12-13-34-23)29-26(31)30-24(32)16-2-7-21(8-3-16)35-25(27)28/h2-11,14-15,25H,12-13H2,1H3,(H,29,30,32). The number of hydrogen-bond donors (Lipinski definition) is 1. The SMILES string of the molecule is COc1ccc(-n2cc(-c3ccc4c(c3)CCO4)nc2NC(=O)c2ccc(OC(F)F)cc2)cc1. The predicted molar refractivity (Wildman–Crippen MR) is 126 cm³/mol. The van der Waals surface area contributed by atoms with Gasteiger partial charge in [0.15, 0.2) is 0 Å². The van der Waals surface area contributed by atoms with Crippen molar-refractivity contribution >= 4 is 11.9 Å². The lowest BCUT2D eigenvalue weighted by molar-refractivity contribution is -0.0498. The van der Waals surface area contributed by atoms with E-state index in [1.807, 2.05) is 48.7 Å². The van der Waals surface area contributed by atoms with Crippen LogP contribution in [0.15, 0.2) is 72.9 Å². The van der Waals surface area contributed by atoms with Crippen molar-refractivity contribution in [2.75, 3.05) is 19.0 Å². The molecule has 0 saturated carbocycles. The van der Waals surface area contributed by atoms with Gasteiger partial charge in [-0.2, -0.15) is 8.78 Å². The molecule has 1 N–H and O–H groups in total. The summed E-state index contributed by atoms with van der Waals surface area (Å²) in [5.41, 5.74) is 3.72. The Morgan fingerprint density at radius 2 is 1.80 bits per heavy atom. The van der Waals surface area contributed by atoms with Crippen LogP contribution in [0.4, 0.5) is 14.7 Å². The van der Waals surface area contributed by atoms with Gasteiger partial charge in [-0.3, -0.25) is 14.7 Å². The van der Waals surface area contributed by atoms with Crippen molar-refractivity contribution in [1.82, 2.24) is 9.55 Å². The molecule has 2 heterocycles. The first-order valence-electron chi connectivity index (χ1n) is 10.9. The quantitative estimate of drug-likeness (QED) is 0.389. The zero-order chi connectivity index (χ0) is 24.4. The molecule has 0 radical (unpaired) electrons. The molecule has 0 fully saturated rings. The van der Waals surface area contributed by atoms with Crippen molar-refractivity contribution in [1.29, 1.82) is 0 Å². The number of fused-ring (bicyclic) bond motifs is 1. The van der Waals surface area contributed by atoms with Crippen LogP contribution in [0.5, 0.6) is 17.2 Å². The highest BCUT2D eigenvalue weighted by atomic mass is 19.3. The third-order valence-electron chi connectivity index (χ3n) is 5.61. The van der Waals surface area contributed by atoms with Crippen LogP contribution in [0.2, 0.25) is 0 Å². The second-order valence-electron chi connectivity index (χ2n) is 7.80. The number of anilines is 1. The van der Waals surface area contributed by atoms with E-state index in [9.17, 15) is 13.6 Å². The lowest BCUT2D eigenvalue weighted by atomic mass is 10.1. The summed E-state index contributed by atoms with van der Waals surface area (Å²) in [6, 6.07) is 18.7. The van der Waals surface area contributed by atoms with Gasteiger partial charge in [0.2, 0.25) is 5.95 Å². The highest BCUT2D eigenvalue weighted by molar-refractivity contribution is 6.03. The number of amides is 1. The molecule has 1 aliphatic heterocycles. The van der Waals surface area contributed by atoms with Crippen LogP contribution in [0.25, 0.3) is 16.9 Å². The van der Waals surface area contributed by atoms with Crippen LogP contribution >= 0.6 is 0 Å². The molecule has 0 spiro atoms. The second kappa shape index (κ2) is 9.46. The Bertz CT molecular complexity index is 1350. The normalized spacial score (nSPS) is 12.2. The van der Waals surface area contributed by atoms with Gasteiger partial charge in [-0.25, -0.2) is 4.98 Å². The summed E-state index contributed by atoms with van der Waals surface area (Å²) >= 11 is 0. The van der Waals surface area contributed by atoms with Gasteiger partial charge in [0, 0.05) is 29.4 Å². The number of halogens is 2. The lowest BCUT2D eigenvalue weighted by Crippen LogP contribution is -2.15. The van der Waals surface area contributed by atoms with Crippen molar-refractivity contribution < 1.29 is 27.8 Å². The first-order valence-corrected chi connectivity index (χ1v) is 10.9. The van der Waals surface area contributed by atoms with E-state index in [0.717, 1.165) is 29.0 Å². The Labute approximate surface area is 199 Å². The number of alkyl halides is 2. The van der Waals surface area contributed by atoms with Gasteiger partial charge in [0.05, 0.1) is 19.4 Å². The van der Waals surface area contributed by atoms with E-state index in [1.165, 1.54) is 24.3 Å². The number of methoxy groups -OCH3 is 1. The molecule has 1 amide bonds. The van der Waals surface area contributed by atoms with Crippen LogP contribution in [0.1, 0.15) is 15.9 Å². The second-order valence-corrected chi connectivity index (χ2v) is 7.80. The summed E-state index contributed by atoms with van der Waals surface area (Å²) in [5.74, 6) is 1.40. The third-order valence-corrected chi connectivity index (χ3v) is 5.61. The molecule has 0 atom stereocenters. The number of imidazole rings is 1. The highest BCUT2D eigenvalue weighted by Crippen LogP contribution is 2.32. The molecule has 3 aromatic carbocycles. The van der Waals surface area contributed by atoms with E-state index in [1.54, 1.807) is 11.7 Å². The number of carbonyl (C=O) groups excluding carboxylic acids is 1. The molecule has 178 valence electrons. The van der Waals surface area contributed by atoms with E-state index in [4.69, 9.17) is 9.47 Å². The maximum Gasteiger partial charge on any atom is 0.387 e. The van der Waals surface area contributed by atoms with Gasteiger partial charge in [0.25, 0.3) is 5.91 Å². The smallest absolute Gasteiger partial charge is 0.387 e. The first kappa shape index (κ1) is 22.4. The Morgan fingerprint density at radius 3 is 2.51 bits per heavy atom. The maximum absolute atomic E-state index is 12.9. The van der Waals surface area contributed by atoms with Crippen LogP contribution in [-0.2, 0) is 6.42 Å². The summed E-state index contributed by atoms with van der Waals surface area (Å²) in [4.78, 5) is 17.6. The van der Waals surface area contributed by atoms with Gasteiger partial charge >= 0.3 is 6.61 Å². The number of aromatic nitrogens is 2. The minimum atomic E-state index is -2.93. The Kier molecular flexibility index (Phi) is 6.05. The lowest BCUT2D eigenvalue weighted by Gasteiger charge is -2.10. The van der Waals surface area contributed by atoms with E-state index >= 15 is 0 Å². The maximum atomic E-state index is 12.9. The average molecular weight is 477 g/mol. The van der Waals surface area contributed by atoms with E-state index in [2.05, 4.69) is 15.0 Å². The van der Waals surface area contributed by atoms with Gasteiger partial charge in [-0.05, 0) is 72.3 Å². The van der Waals surface area contributed by atoms with Crippen molar-refractivity contribution in [2.45, 2.75) is 13.0 Å². The molecule has 1 aliphatic rings. The fraction of sp³-hybridized carbons (Fsp3) is 0.154. The topological polar surface area (TPSA) is 74.6 Å². The summed E-state index contributed by atoms with van der Waals surface area (Å²) in [6.45, 7) is -2.28. The third kappa shape index (κ3) is 4.79. The van der Waals surface area contributed by atoms with Gasteiger partial charge in [-0.15, -0.1) is 0 Å². The molecule has 1 aromatic heterocycles. The fourth-order valence-corrected chi connectivity index (χ4v) is 3.85. The molecule has 0 unspecified atom stereocenters. The molecule has 9 heteroatoms. The first-order chi connectivity index (χ1) is 17.0. The molecule has 0 bridgehead atoms. The summed E-state index contributed by atoms with van der Waals surface area (Å²) in [5, 5.41) is 2.82. The molecule has 5 rings (SSSR count). The van der Waals surface area contributed by atoms with Crippen LogP contribution in [-0.4, -0.2) is 35.8 Å². The van der Waals surface area contributed by atoms with E-state index in [0.29, 0.717) is 24.0 Å². The summed E-state index contributed by atoms with van der Waals surface area (Å²) < 4.78 is 41.8. The minimum Gasteiger partial charge on any atom is -0.497 e. The molecular weight excluding hydrogens is 456 g/mol. The minimum absolute atomic E-state index is 0.0286. The number of benzene rings is 3. The Hall–Kier alpha value is -4.40.